The summed E-state index contributed by atoms with van der Waals surface area (Å²) in [5, 5.41) is 14.0. The van der Waals surface area contributed by atoms with Crippen molar-refractivity contribution in [1.82, 2.24) is 0 Å². The summed E-state index contributed by atoms with van der Waals surface area (Å²) in [6, 6.07) is 9.44. The number of hydrogen-bond acceptors (Lipinski definition) is 7. The highest BCUT2D eigenvalue weighted by Crippen LogP contribution is 2.42. The fraction of sp³-hybridized carbons (Fsp3) is 0.188. The summed E-state index contributed by atoms with van der Waals surface area (Å²) in [6.07, 6.45) is -0.853. The van der Waals surface area contributed by atoms with Crippen molar-refractivity contribution in [3.05, 3.63) is 57.6 Å². The average molecular weight is 330 g/mol. The molecule has 124 valence electrons. The number of para-hydroxylation sites is 2. The lowest BCUT2D eigenvalue weighted by molar-refractivity contribution is -0.384. The van der Waals surface area contributed by atoms with Gasteiger partial charge in [-0.1, -0.05) is 12.1 Å². The van der Waals surface area contributed by atoms with E-state index in [-0.39, 0.29) is 22.7 Å². The predicted molar refractivity (Wildman–Crippen MR) is 84.4 cm³/mol. The third-order valence-electron chi connectivity index (χ3n) is 3.68. The molecule has 2 aromatic rings. The van der Waals surface area contributed by atoms with E-state index in [0.717, 1.165) is 0 Å². The molecule has 8 nitrogen and oxygen atoms in total. The molecule has 1 N–H and O–H groups in total. The predicted octanol–water partition coefficient (Wildman–Crippen LogP) is 2.89. The van der Waals surface area contributed by atoms with Crippen LogP contribution in [0, 0.1) is 10.1 Å². The molecule has 0 fully saturated rings. The van der Waals surface area contributed by atoms with Crippen LogP contribution in [0.4, 0.5) is 11.4 Å². The van der Waals surface area contributed by atoms with E-state index < -0.39 is 17.1 Å². The summed E-state index contributed by atoms with van der Waals surface area (Å²) in [6.45, 7) is 0. The molecule has 1 heterocycles. The Morgan fingerprint density at radius 3 is 2.58 bits per heavy atom. The Balaban J connectivity index is 2.01. The van der Waals surface area contributed by atoms with Gasteiger partial charge in [-0.25, -0.2) is 4.79 Å². The maximum atomic E-state index is 12.2. The van der Waals surface area contributed by atoms with Gasteiger partial charge < -0.3 is 19.5 Å². The maximum absolute atomic E-state index is 12.2. The second kappa shape index (κ2) is 6.07. The van der Waals surface area contributed by atoms with E-state index in [2.05, 4.69) is 5.32 Å². The van der Waals surface area contributed by atoms with Gasteiger partial charge in [0.1, 0.15) is 11.3 Å². The molecule has 1 aliphatic rings. The maximum Gasteiger partial charge on any atom is 0.344 e. The molecule has 24 heavy (non-hydrogen) atoms. The number of anilines is 1. The first kappa shape index (κ1) is 15.6. The summed E-state index contributed by atoms with van der Waals surface area (Å²) in [7, 11) is 2.89. The Kier molecular flexibility index (Phi) is 3.95. The minimum absolute atomic E-state index is 0.109. The van der Waals surface area contributed by atoms with Crippen molar-refractivity contribution in [2.24, 2.45) is 0 Å². The molecule has 0 spiro atoms. The number of nitrogens with zero attached hydrogens (tertiary/aromatic N) is 1. The van der Waals surface area contributed by atoms with E-state index in [1.54, 1.807) is 30.3 Å². The van der Waals surface area contributed by atoms with Crippen molar-refractivity contribution in [3.8, 4) is 11.5 Å². The van der Waals surface area contributed by atoms with Gasteiger partial charge >= 0.3 is 5.97 Å². The highest BCUT2D eigenvalue weighted by molar-refractivity contribution is 5.98. The van der Waals surface area contributed by atoms with Gasteiger partial charge in [-0.15, -0.1) is 0 Å². The second-order valence-electron chi connectivity index (χ2n) is 4.97. The Morgan fingerprint density at radius 2 is 1.92 bits per heavy atom. The summed E-state index contributed by atoms with van der Waals surface area (Å²) in [5.74, 6) is 0.0863. The van der Waals surface area contributed by atoms with Crippen LogP contribution in [-0.2, 0) is 4.74 Å². The summed E-state index contributed by atoms with van der Waals surface area (Å²) in [5.41, 5.74) is 0.911. The number of nitro groups is 1. The number of carbonyl (C=O) groups excluding carboxylic acids is 1. The zero-order chi connectivity index (χ0) is 17.3. The first-order chi connectivity index (χ1) is 11.6. The van der Waals surface area contributed by atoms with Crippen LogP contribution in [0.5, 0.6) is 11.5 Å². The lowest BCUT2D eigenvalue weighted by Crippen LogP contribution is -2.11. The molecule has 8 heteroatoms. The molecule has 0 radical (unpaired) electrons. The first-order valence-electron chi connectivity index (χ1n) is 7.02. The topological polar surface area (TPSA) is 99.9 Å². The molecule has 1 atom stereocenters. The molecule has 0 bridgehead atoms. The number of methoxy groups -OCH3 is 2. The van der Waals surface area contributed by atoms with Gasteiger partial charge in [-0.05, 0) is 18.2 Å². The number of hydrogen-bond donors (Lipinski definition) is 1. The van der Waals surface area contributed by atoms with Crippen molar-refractivity contribution < 1.29 is 23.9 Å². The summed E-state index contributed by atoms with van der Waals surface area (Å²) >= 11 is 0. The first-order valence-corrected chi connectivity index (χ1v) is 7.02. The molecule has 0 unspecified atom stereocenters. The quantitative estimate of drug-likeness (QED) is 0.511. The molecular weight excluding hydrogens is 316 g/mol. The van der Waals surface area contributed by atoms with Gasteiger partial charge in [0.2, 0.25) is 6.23 Å². The van der Waals surface area contributed by atoms with E-state index in [9.17, 15) is 14.9 Å². The number of esters is 1. The zero-order valence-corrected chi connectivity index (χ0v) is 12.9. The fourth-order valence-electron chi connectivity index (χ4n) is 2.60. The average Bonchev–Trinajstić information content (AvgIpc) is 2.90. The van der Waals surface area contributed by atoms with Gasteiger partial charge in [-0.2, -0.15) is 0 Å². The van der Waals surface area contributed by atoms with Crippen LogP contribution in [0.3, 0.4) is 0 Å². The number of nitro benzene ring substituents is 1. The van der Waals surface area contributed by atoms with Crippen LogP contribution in [0.15, 0.2) is 36.4 Å². The summed E-state index contributed by atoms with van der Waals surface area (Å²) < 4.78 is 15.7. The largest absolute Gasteiger partial charge is 0.493 e. The van der Waals surface area contributed by atoms with Crippen molar-refractivity contribution in [2.45, 2.75) is 6.23 Å². The minimum Gasteiger partial charge on any atom is -0.493 e. The minimum atomic E-state index is -0.853. The molecular formula is C16H14N2O6. The van der Waals surface area contributed by atoms with Gasteiger partial charge in [0.05, 0.1) is 19.1 Å². The number of carbonyl (C=O) groups is 1. The van der Waals surface area contributed by atoms with E-state index in [1.165, 1.54) is 20.3 Å². The molecule has 0 saturated carbocycles. The van der Waals surface area contributed by atoms with Gasteiger partial charge in [0, 0.05) is 11.6 Å². The molecule has 0 aliphatic carbocycles. The number of rotatable bonds is 5. The smallest absolute Gasteiger partial charge is 0.344 e. The zero-order valence-electron chi connectivity index (χ0n) is 12.9. The van der Waals surface area contributed by atoms with Crippen molar-refractivity contribution in [1.29, 1.82) is 0 Å². The normalized spacial score (nSPS) is 15.4. The van der Waals surface area contributed by atoms with Crippen molar-refractivity contribution >= 4 is 17.3 Å². The highest BCUT2D eigenvalue weighted by atomic mass is 16.6. The number of nitrogens with one attached hydrogen (secondary N) is 1. The number of benzene rings is 2. The molecule has 0 amide bonds. The molecule has 1 aliphatic heterocycles. The van der Waals surface area contributed by atoms with E-state index in [0.29, 0.717) is 11.3 Å². The van der Waals surface area contributed by atoms with Crippen molar-refractivity contribution in [2.75, 3.05) is 19.5 Å². The van der Waals surface area contributed by atoms with E-state index >= 15 is 0 Å². The van der Waals surface area contributed by atoms with Crippen LogP contribution in [0.2, 0.25) is 0 Å². The van der Waals surface area contributed by atoms with Gasteiger partial charge in [0.25, 0.3) is 5.69 Å². The van der Waals surface area contributed by atoms with Gasteiger partial charge in [-0.3, -0.25) is 10.1 Å². The monoisotopic (exact) mass is 330 g/mol. The van der Waals surface area contributed by atoms with E-state index in [1.807, 2.05) is 0 Å². The standard InChI is InChI=1S/C16H14N2O6/c1-22-12-8-7-9-13(14(12)23-2)16(19)24-15(9)17-10-5-3-4-6-11(10)18(20)21/h3-8,15,17H,1-2H3/t15-/m1/s1. The number of cyclic esters (lactones) is 1. The van der Waals surface area contributed by atoms with Crippen molar-refractivity contribution in [3.63, 3.8) is 0 Å². The second-order valence-corrected chi connectivity index (χ2v) is 4.97. The Bertz CT molecular complexity index is 820. The Hall–Kier alpha value is -3.29. The molecule has 0 aromatic heterocycles. The SMILES string of the molecule is COc1ccc2c(c1OC)C(=O)O[C@H]2Nc1ccccc1[N+](=O)[O-]. The van der Waals surface area contributed by atoms with Crippen LogP contribution in [0.1, 0.15) is 22.1 Å². The Labute approximate surface area is 137 Å². The highest BCUT2D eigenvalue weighted by Gasteiger charge is 2.36. The van der Waals surface area contributed by atoms with Crippen LogP contribution >= 0.6 is 0 Å². The Morgan fingerprint density at radius 1 is 1.17 bits per heavy atom. The molecule has 2 aromatic carbocycles. The third kappa shape index (κ3) is 2.47. The van der Waals surface area contributed by atoms with Crippen LogP contribution in [0.25, 0.3) is 0 Å². The lowest BCUT2D eigenvalue weighted by Gasteiger charge is -2.15. The molecule has 0 saturated heterocycles. The molecule has 3 rings (SSSR count). The van der Waals surface area contributed by atoms with E-state index in [4.69, 9.17) is 14.2 Å². The fourth-order valence-corrected chi connectivity index (χ4v) is 2.60. The van der Waals surface area contributed by atoms with Gasteiger partial charge in [0.15, 0.2) is 11.5 Å². The van der Waals surface area contributed by atoms with Crippen LogP contribution in [-0.4, -0.2) is 25.1 Å². The number of ether oxygens (including phenoxy) is 3. The summed E-state index contributed by atoms with van der Waals surface area (Å²) in [4.78, 5) is 22.8. The lowest BCUT2D eigenvalue weighted by atomic mass is 10.1. The number of fused-ring (bicyclic) bond motifs is 1. The van der Waals surface area contributed by atoms with Crippen LogP contribution < -0.4 is 14.8 Å². The third-order valence-corrected chi connectivity index (χ3v) is 3.68.